The van der Waals surface area contributed by atoms with Crippen molar-refractivity contribution in [2.45, 2.75) is 31.8 Å². The number of thiophene rings is 1. The topological polar surface area (TPSA) is 56.2 Å². The highest BCUT2D eigenvalue weighted by molar-refractivity contribution is 7.98. The fraction of sp³-hybridized carbons (Fsp3) is 0.429. The molecule has 0 unspecified atom stereocenters. The summed E-state index contributed by atoms with van der Waals surface area (Å²) >= 11 is 3.56. The molecule has 0 amide bonds. The average Bonchev–Trinajstić information content (AvgIpc) is 3.09. The fourth-order valence-electron chi connectivity index (χ4n) is 3.78. The Balaban J connectivity index is 1.58. The van der Waals surface area contributed by atoms with Gasteiger partial charge in [0.1, 0.15) is 10.6 Å². The summed E-state index contributed by atoms with van der Waals surface area (Å²) in [7, 11) is 1.65. The van der Waals surface area contributed by atoms with Crippen LogP contribution in [0.25, 0.3) is 10.2 Å². The number of hydrogen-bond donors (Lipinski definition) is 1. The van der Waals surface area contributed by atoms with E-state index in [1.807, 2.05) is 36.0 Å². The van der Waals surface area contributed by atoms with Crippen LogP contribution in [0.3, 0.4) is 0 Å². The molecule has 1 aromatic carbocycles. The number of aromatic nitrogens is 2. The van der Waals surface area contributed by atoms with Crippen LogP contribution in [0.5, 0.6) is 5.75 Å². The van der Waals surface area contributed by atoms with E-state index in [4.69, 9.17) is 4.74 Å². The Morgan fingerprint density at radius 1 is 1.36 bits per heavy atom. The van der Waals surface area contributed by atoms with Crippen LogP contribution in [-0.2, 0) is 19.4 Å². The van der Waals surface area contributed by atoms with Crippen molar-refractivity contribution in [2.75, 3.05) is 25.7 Å². The number of benzene rings is 1. The zero-order chi connectivity index (χ0) is 19.5. The first-order chi connectivity index (χ1) is 13.7. The highest BCUT2D eigenvalue weighted by atomic mass is 32.2. The second kappa shape index (κ2) is 8.68. The molecule has 0 fully saturated rings. The number of thioether (sulfide) groups is 1. The summed E-state index contributed by atoms with van der Waals surface area (Å²) in [6, 6.07) is 8.33. The monoisotopic (exact) mass is 415 g/mol. The van der Waals surface area contributed by atoms with E-state index in [1.165, 1.54) is 10.4 Å². The van der Waals surface area contributed by atoms with Crippen molar-refractivity contribution in [3.63, 3.8) is 0 Å². The molecule has 1 aliphatic rings. The third-order valence-corrected chi connectivity index (χ3v) is 7.06. The predicted molar refractivity (Wildman–Crippen MR) is 118 cm³/mol. The fourth-order valence-corrected chi connectivity index (χ4v) is 5.36. The molecule has 7 heteroatoms. The molecule has 4 rings (SSSR count). The Labute approximate surface area is 173 Å². The van der Waals surface area contributed by atoms with Crippen molar-refractivity contribution >= 4 is 33.3 Å². The van der Waals surface area contributed by atoms with Gasteiger partial charge in [-0.3, -0.25) is 9.36 Å². The first kappa shape index (κ1) is 19.5. The van der Waals surface area contributed by atoms with Crippen LogP contribution in [0.15, 0.2) is 35.4 Å². The van der Waals surface area contributed by atoms with Gasteiger partial charge in [-0.15, -0.1) is 11.3 Å². The van der Waals surface area contributed by atoms with Crippen LogP contribution in [-0.4, -0.2) is 41.3 Å². The SMILES string of the molecule is COc1ccc(Cn2cnc3sc4c(c3c2=O)CC[C@@H](NCCSC)C4)cc1. The van der Waals surface area contributed by atoms with Crippen molar-refractivity contribution in [1.29, 1.82) is 0 Å². The van der Waals surface area contributed by atoms with Crippen molar-refractivity contribution in [3.8, 4) is 5.75 Å². The number of nitrogens with one attached hydrogen (secondary N) is 1. The second-order valence-electron chi connectivity index (χ2n) is 7.10. The molecule has 148 valence electrons. The van der Waals surface area contributed by atoms with E-state index in [9.17, 15) is 4.79 Å². The lowest BCUT2D eigenvalue weighted by molar-refractivity contribution is 0.414. The molecule has 3 aromatic rings. The molecular weight excluding hydrogens is 390 g/mol. The summed E-state index contributed by atoms with van der Waals surface area (Å²) in [6.45, 7) is 1.56. The number of hydrogen-bond acceptors (Lipinski definition) is 6. The van der Waals surface area contributed by atoms with Gasteiger partial charge in [0.2, 0.25) is 0 Å². The Bertz CT molecular complexity index is 1010. The number of ether oxygens (including phenoxy) is 1. The number of fused-ring (bicyclic) bond motifs is 3. The van der Waals surface area contributed by atoms with Crippen LogP contribution >= 0.6 is 23.1 Å². The van der Waals surface area contributed by atoms with Crippen molar-refractivity contribution in [3.05, 3.63) is 57.0 Å². The summed E-state index contributed by atoms with van der Waals surface area (Å²) in [4.78, 5) is 20.0. The standard InChI is InChI=1S/C21H25N3O2S2/c1-26-16-6-3-14(4-7-16)12-24-13-23-20-19(21(24)25)17-8-5-15(11-18(17)28-20)22-9-10-27-2/h3-4,6-7,13,15,22H,5,8-12H2,1-2H3/t15-/m1/s1. The minimum atomic E-state index is 0.0760. The maximum atomic E-state index is 13.2. The lowest BCUT2D eigenvalue weighted by atomic mass is 9.93. The van der Waals surface area contributed by atoms with Gasteiger partial charge in [0.05, 0.1) is 25.4 Å². The van der Waals surface area contributed by atoms with Gasteiger partial charge in [0, 0.05) is 23.2 Å². The number of methoxy groups -OCH3 is 1. The van der Waals surface area contributed by atoms with E-state index in [-0.39, 0.29) is 5.56 Å². The smallest absolute Gasteiger partial charge is 0.262 e. The molecule has 1 N–H and O–H groups in total. The van der Waals surface area contributed by atoms with E-state index in [0.29, 0.717) is 12.6 Å². The quantitative estimate of drug-likeness (QED) is 0.600. The van der Waals surface area contributed by atoms with Gasteiger partial charge in [0.15, 0.2) is 0 Å². The Hall–Kier alpha value is -1.83. The molecule has 0 saturated carbocycles. The molecule has 1 aliphatic carbocycles. The van der Waals surface area contributed by atoms with Crippen molar-refractivity contribution < 1.29 is 4.74 Å². The largest absolute Gasteiger partial charge is 0.497 e. The molecule has 1 atom stereocenters. The van der Waals surface area contributed by atoms with Crippen LogP contribution in [0.2, 0.25) is 0 Å². The highest BCUT2D eigenvalue weighted by Crippen LogP contribution is 2.33. The third kappa shape index (κ3) is 3.97. The molecule has 0 bridgehead atoms. The van der Waals surface area contributed by atoms with Gasteiger partial charge in [-0.2, -0.15) is 11.8 Å². The molecule has 0 aliphatic heterocycles. The first-order valence-corrected chi connectivity index (χ1v) is 11.8. The van der Waals surface area contributed by atoms with E-state index in [2.05, 4.69) is 16.6 Å². The van der Waals surface area contributed by atoms with Gasteiger partial charge in [0.25, 0.3) is 5.56 Å². The maximum absolute atomic E-state index is 13.2. The van der Waals surface area contributed by atoms with E-state index < -0.39 is 0 Å². The molecule has 0 spiro atoms. The molecular formula is C21H25N3O2S2. The molecule has 0 radical (unpaired) electrons. The van der Waals surface area contributed by atoms with Crippen LogP contribution < -0.4 is 15.6 Å². The summed E-state index contributed by atoms with van der Waals surface area (Å²) in [6.07, 6.45) is 6.86. The van der Waals surface area contributed by atoms with Gasteiger partial charge in [-0.25, -0.2) is 4.98 Å². The van der Waals surface area contributed by atoms with Gasteiger partial charge >= 0.3 is 0 Å². The van der Waals surface area contributed by atoms with Crippen molar-refractivity contribution in [2.24, 2.45) is 0 Å². The van der Waals surface area contributed by atoms with E-state index >= 15 is 0 Å². The number of rotatable bonds is 7. The minimum Gasteiger partial charge on any atom is -0.497 e. The van der Waals surface area contributed by atoms with Crippen LogP contribution in [0, 0.1) is 0 Å². The normalized spacial score (nSPS) is 16.3. The summed E-state index contributed by atoms with van der Waals surface area (Å²) in [5.74, 6) is 1.95. The molecule has 0 saturated heterocycles. The number of aryl methyl sites for hydroxylation is 1. The molecule has 2 heterocycles. The van der Waals surface area contributed by atoms with Gasteiger partial charge in [-0.1, -0.05) is 12.1 Å². The molecule has 2 aromatic heterocycles. The summed E-state index contributed by atoms with van der Waals surface area (Å²) < 4.78 is 6.93. The predicted octanol–water partition coefficient (Wildman–Crippen LogP) is 3.32. The maximum Gasteiger partial charge on any atom is 0.262 e. The van der Waals surface area contributed by atoms with Crippen LogP contribution in [0.4, 0.5) is 0 Å². The zero-order valence-electron chi connectivity index (χ0n) is 16.2. The second-order valence-corrected chi connectivity index (χ2v) is 9.17. The Morgan fingerprint density at radius 2 is 2.18 bits per heavy atom. The van der Waals surface area contributed by atoms with Crippen LogP contribution in [0.1, 0.15) is 22.4 Å². The molecule has 5 nitrogen and oxygen atoms in total. The lowest BCUT2D eigenvalue weighted by Crippen LogP contribution is -2.35. The summed E-state index contributed by atoms with van der Waals surface area (Å²) in [5.41, 5.74) is 2.36. The zero-order valence-corrected chi connectivity index (χ0v) is 17.9. The van der Waals surface area contributed by atoms with Gasteiger partial charge in [-0.05, 0) is 48.8 Å². The average molecular weight is 416 g/mol. The Kier molecular flexibility index (Phi) is 6.04. The lowest BCUT2D eigenvalue weighted by Gasteiger charge is -2.23. The van der Waals surface area contributed by atoms with Crippen molar-refractivity contribution in [1.82, 2.24) is 14.9 Å². The minimum absolute atomic E-state index is 0.0760. The number of nitrogens with zero attached hydrogens (tertiary/aromatic N) is 2. The first-order valence-electron chi connectivity index (χ1n) is 9.54. The van der Waals surface area contributed by atoms with Gasteiger partial charge < -0.3 is 10.1 Å². The molecule has 28 heavy (non-hydrogen) atoms. The highest BCUT2D eigenvalue weighted by Gasteiger charge is 2.24. The third-order valence-electron chi connectivity index (χ3n) is 5.29. The Morgan fingerprint density at radius 3 is 2.93 bits per heavy atom. The van der Waals surface area contributed by atoms with E-state index in [1.54, 1.807) is 29.3 Å². The summed E-state index contributed by atoms with van der Waals surface area (Å²) in [5, 5.41) is 4.48. The van der Waals surface area contributed by atoms with E-state index in [0.717, 1.165) is 53.1 Å².